The van der Waals surface area contributed by atoms with E-state index in [-0.39, 0.29) is 22.8 Å². The maximum Gasteiger partial charge on any atom is 0.286 e. The van der Waals surface area contributed by atoms with Gasteiger partial charge in [0, 0.05) is 18.2 Å². The van der Waals surface area contributed by atoms with Crippen LogP contribution in [0.2, 0.25) is 0 Å². The summed E-state index contributed by atoms with van der Waals surface area (Å²) in [7, 11) is 0. The number of rotatable bonds is 5. The zero-order valence-corrected chi connectivity index (χ0v) is 18.2. The standard InChI is InChI=1S/C23H23FN4O3S/c24-16-5-7-17(8-6-16)25-22(29)23-27-26-21(32-23)14-28-10-1-3-18(28)15-4-9-19-20(13-15)31-12-2-11-30-19/h4-9,13,18H,1-3,10-12,14H2,(H,25,29). The van der Waals surface area contributed by atoms with Crippen LogP contribution < -0.4 is 14.8 Å². The van der Waals surface area contributed by atoms with E-state index < -0.39 is 0 Å². The summed E-state index contributed by atoms with van der Waals surface area (Å²) in [6.45, 7) is 2.92. The molecular weight excluding hydrogens is 431 g/mol. The van der Waals surface area contributed by atoms with Crippen molar-refractivity contribution in [3.63, 3.8) is 0 Å². The first-order chi connectivity index (χ1) is 15.7. The van der Waals surface area contributed by atoms with Crippen LogP contribution in [-0.2, 0) is 6.54 Å². The Labute approximate surface area is 189 Å². The predicted octanol–water partition coefficient (Wildman–Crippen LogP) is 4.43. The molecule has 3 heterocycles. The Kier molecular flexibility index (Phi) is 6.00. The lowest BCUT2D eigenvalue weighted by molar-refractivity contribution is 0.102. The zero-order valence-electron chi connectivity index (χ0n) is 17.4. The van der Waals surface area contributed by atoms with Crippen molar-refractivity contribution in [3.05, 3.63) is 63.9 Å². The van der Waals surface area contributed by atoms with Crippen LogP contribution in [0.1, 0.15) is 45.7 Å². The van der Waals surface area contributed by atoms with Gasteiger partial charge in [0.25, 0.3) is 5.91 Å². The van der Waals surface area contributed by atoms with Crippen LogP contribution in [0.4, 0.5) is 10.1 Å². The third-order valence-electron chi connectivity index (χ3n) is 5.62. The van der Waals surface area contributed by atoms with E-state index in [9.17, 15) is 9.18 Å². The SMILES string of the molecule is O=C(Nc1ccc(F)cc1)c1nnc(CN2CCCC2c2ccc3c(c2)OCCCO3)s1. The minimum Gasteiger partial charge on any atom is -0.490 e. The fourth-order valence-corrected chi connectivity index (χ4v) is 4.84. The van der Waals surface area contributed by atoms with Crippen LogP contribution in [-0.4, -0.2) is 40.8 Å². The fourth-order valence-electron chi connectivity index (χ4n) is 4.08. The highest BCUT2D eigenvalue weighted by atomic mass is 32.1. The molecule has 9 heteroatoms. The summed E-state index contributed by atoms with van der Waals surface area (Å²) in [5.74, 6) is 0.912. The number of carbonyl (C=O) groups excluding carboxylic acids is 1. The lowest BCUT2D eigenvalue weighted by Crippen LogP contribution is -2.22. The average molecular weight is 455 g/mol. The molecule has 1 unspecified atom stereocenters. The Hall–Kier alpha value is -3.04. The molecular formula is C23H23FN4O3S. The second-order valence-electron chi connectivity index (χ2n) is 7.85. The Balaban J connectivity index is 1.26. The summed E-state index contributed by atoms with van der Waals surface area (Å²) >= 11 is 1.28. The molecule has 166 valence electrons. The van der Waals surface area contributed by atoms with Crippen LogP contribution in [0, 0.1) is 5.82 Å². The van der Waals surface area contributed by atoms with E-state index >= 15 is 0 Å². The van der Waals surface area contributed by atoms with E-state index in [1.165, 1.54) is 41.2 Å². The molecule has 1 N–H and O–H groups in total. The molecule has 0 aliphatic carbocycles. The molecule has 3 aromatic rings. The van der Waals surface area contributed by atoms with Crippen molar-refractivity contribution in [2.45, 2.75) is 31.8 Å². The molecule has 0 spiro atoms. The zero-order chi connectivity index (χ0) is 21.9. The summed E-state index contributed by atoms with van der Waals surface area (Å²) in [5, 5.41) is 12.1. The maximum atomic E-state index is 13.0. The van der Waals surface area contributed by atoms with Crippen molar-refractivity contribution < 1.29 is 18.7 Å². The Bertz CT molecular complexity index is 1100. The second-order valence-corrected chi connectivity index (χ2v) is 8.91. The van der Waals surface area contributed by atoms with Gasteiger partial charge in [0.15, 0.2) is 11.5 Å². The molecule has 2 aliphatic heterocycles. The molecule has 7 nitrogen and oxygen atoms in total. The van der Waals surface area contributed by atoms with Gasteiger partial charge in [-0.05, 0) is 61.3 Å². The molecule has 1 atom stereocenters. The van der Waals surface area contributed by atoms with Crippen LogP contribution >= 0.6 is 11.3 Å². The summed E-state index contributed by atoms with van der Waals surface area (Å²) in [5.41, 5.74) is 1.72. The number of hydrogen-bond donors (Lipinski definition) is 1. The summed E-state index contributed by atoms with van der Waals surface area (Å²) in [4.78, 5) is 14.8. The fraction of sp³-hybridized carbons (Fsp3) is 0.348. The number of halogens is 1. The Morgan fingerprint density at radius 3 is 2.75 bits per heavy atom. The molecule has 32 heavy (non-hydrogen) atoms. The van der Waals surface area contributed by atoms with Gasteiger partial charge in [-0.15, -0.1) is 10.2 Å². The number of fused-ring (bicyclic) bond motifs is 1. The quantitative estimate of drug-likeness (QED) is 0.615. The topological polar surface area (TPSA) is 76.6 Å². The third kappa shape index (κ3) is 4.58. The average Bonchev–Trinajstić information content (AvgIpc) is 3.40. The summed E-state index contributed by atoms with van der Waals surface area (Å²) in [6, 6.07) is 12.1. The lowest BCUT2D eigenvalue weighted by atomic mass is 10.0. The van der Waals surface area contributed by atoms with Crippen molar-refractivity contribution in [2.24, 2.45) is 0 Å². The highest BCUT2D eigenvalue weighted by molar-refractivity contribution is 7.13. The number of aromatic nitrogens is 2. The van der Waals surface area contributed by atoms with Crippen molar-refractivity contribution in [2.75, 3.05) is 25.1 Å². The van der Waals surface area contributed by atoms with Gasteiger partial charge in [0.05, 0.1) is 19.8 Å². The van der Waals surface area contributed by atoms with E-state index in [4.69, 9.17) is 9.47 Å². The third-order valence-corrected chi connectivity index (χ3v) is 6.53. The van der Waals surface area contributed by atoms with Crippen molar-refractivity contribution in [3.8, 4) is 11.5 Å². The van der Waals surface area contributed by atoms with Gasteiger partial charge < -0.3 is 14.8 Å². The number of nitrogens with one attached hydrogen (secondary N) is 1. The van der Waals surface area contributed by atoms with E-state index in [1.807, 2.05) is 6.07 Å². The van der Waals surface area contributed by atoms with Gasteiger partial charge in [-0.2, -0.15) is 0 Å². The van der Waals surface area contributed by atoms with Gasteiger partial charge in [0.1, 0.15) is 10.8 Å². The van der Waals surface area contributed by atoms with E-state index in [0.29, 0.717) is 25.4 Å². The largest absolute Gasteiger partial charge is 0.490 e. The number of ether oxygens (including phenoxy) is 2. The van der Waals surface area contributed by atoms with Crippen molar-refractivity contribution in [1.29, 1.82) is 0 Å². The van der Waals surface area contributed by atoms with Crippen molar-refractivity contribution in [1.82, 2.24) is 15.1 Å². The van der Waals surface area contributed by atoms with Crippen LogP contribution in [0.25, 0.3) is 0 Å². The molecule has 1 fully saturated rings. The van der Waals surface area contributed by atoms with E-state index in [0.717, 1.165) is 42.3 Å². The molecule has 2 aromatic carbocycles. The Morgan fingerprint density at radius 2 is 1.91 bits per heavy atom. The lowest BCUT2D eigenvalue weighted by Gasteiger charge is -2.24. The molecule has 0 bridgehead atoms. The van der Waals surface area contributed by atoms with Gasteiger partial charge in [0.2, 0.25) is 5.01 Å². The number of benzene rings is 2. The summed E-state index contributed by atoms with van der Waals surface area (Å²) < 4.78 is 24.7. The molecule has 0 saturated carbocycles. The molecule has 1 saturated heterocycles. The second kappa shape index (κ2) is 9.22. The molecule has 0 radical (unpaired) electrons. The first kappa shape index (κ1) is 20.8. The van der Waals surface area contributed by atoms with E-state index in [1.54, 1.807) is 0 Å². The number of likely N-dealkylation sites (tertiary alicyclic amines) is 1. The normalized spacial score (nSPS) is 18.3. The van der Waals surface area contributed by atoms with Crippen LogP contribution in [0.15, 0.2) is 42.5 Å². The first-order valence-electron chi connectivity index (χ1n) is 10.7. The van der Waals surface area contributed by atoms with Gasteiger partial charge in [-0.25, -0.2) is 4.39 Å². The molecule has 5 rings (SSSR count). The molecule has 1 amide bonds. The molecule has 1 aromatic heterocycles. The van der Waals surface area contributed by atoms with Crippen LogP contribution in [0.3, 0.4) is 0 Å². The number of hydrogen-bond acceptors (Lipinski definition) is 7. The molecule has 2 aliphatic rings. The number of nitrogens with zero attached hydrogens (tertiary/aromatic N) is 3. The minimum absolute atomic E-state index is 0.257. The number of carbonyl (C=O) groups is 1. The monoisotopic (exact) mass is 454 g/mol. The van der Waals surface area contributed by atoms with Crippen LogP contribution in [0.5, 0.6) is 11.5 Å². The minimum atomic E-state index is -0.352. The first-order valence-corrected chi connectivity index (χ1v) is 11.5. The number of amides is 1. The number of anilines is 1. The van der Waals surface area contributed by atoms with Gasteiger partial charge in [-0.1, -0.05) is 17.4 Å². The van der Waals surface area contributed by atoms with Crippen molar-refractivity contribution >= 4 is 22.9 Å². The van der Waals surface area contributed by atoms with Gasteiger partial charge in [-0.3, -0.25) is 9.69 Å². The predicted molar refractivity (Wildman–Crippen MR) is 119 cm³/mol. The summed E-state index contributed by atoms with van der Waals surface area (Å²) in [6.07, 6.45) is 3.03. The highest BCUT2D eigenvalue weighted by Gasteiger charge is 2.28. The van der Waals surface area contributed by atoms with E-state index in [2.05, 4.69) is 32.5 Å². The maximum absolute atomic E-state index is 13.0. The Morgan fingerprint density at radius 1 is 1.09 bits per heavy atom. The van der Waals surface area contributed by atoms with Gasteiger partial charge >= 0.3 is 0 Å². The highest BCUT2D eigenvalue weighted by Crippen LogP contribution is 2.38. The smallest absolute Gasteiger partial charge is 0.286 e.